The van der Waals surface area contributed by atoms with Gasteiger partial charge in [0.1, 0.15) is 0 Å². The highest BCUT2D eigenvalue weighted by Crippen LogP contribution is 2.23. The molecule has 0 saturated carbocycles. The van der Waals surface area contributed by atoms with Crippen LogP contribution in [0.15, 0.2) is 30.6 Å². The third kappa shape index (κ3) is 2.21. The van der Waals surface area contributed by atoms with E-state index in [-0.39, 0.29) is 5.91 Å². The van der Waals surface area contributed by atoms with Crippen molar-refractivity contribution < 1.29 is 9.90 Å². The fourth-order valence-corrected chi connectivity index (χ4v) is 2.46. The minimum atomic E-state index is -0.641. The van der Waals surface area contributed by atoms with Crippen molar-refractivity contribution in [1.29, 1.82) is 0 Å². The number of piperidine rings is 1. The summed E-state index contributed by atoms with van der Waals surface area (Å²) in [6, 6.07) is 5.67. The van der Waals surface area contributed by atoms with Crippen LogP contribution in [0.1, 0.15) is 30.1 Å². The molecule has 100 valence electrons. The Labute approximate surface area is 111 Å². The van der Waals surface area contributed by atoms with E-state index in [1.54, 1.807) is 15.6 Å². The van der Waals surface area contributed by atoms with E-state index in [2.05, 4.69) is 5.10 Å². The first-order chi connectivity index (χ1) is 9.07. The third-order valence-electron chi connectivity index (χ3n) is 3.78. The van der Waals surface area contributed by atoms with E-state index in [0.717, 1.165) is 5.52 Å². The lowest BCUT2D eigenvalue weighted by molar-refractivity contribution is -0.00196. The highest BCUT2D eigenvalue weighted by Gasteiger charge is 2.30. The molecule has 0 bridgehead atoms. The van der Waals surface area contributed by atoms with Gasteiger partial charge in [0.25, 0.3) is 5.91 Å². The summed E-state index contributed by atoms with van der Waals surface area (Å²) in [5, 5.41) is 14.1. The molecule has 19 heavy (non-hydrogen) atoms. The molecule has 5 heteroatoms. The Bertz CT molecular complexity index is 608. The van der Waals surface area contributed by atoms with Crippen LogP contribution in [-0.4, -0.2) is 44.2 Å². The summed E-state index contributed by atoms with van der Waals surface area (Å²) in [6.45, 7) is 3.01. The summed E-state index contributed by atoms with van der Waals surface area (Å²) < 4.78 is 1.70. The minimum Gasteiger partial charge on any atom is -0.390 e. The van der Waals surface area contributed by atoms with Crippen LogP contribution in [0.25, 0.3) is 5.52 Å². The molecular weight excluding hydrogens is 242 g/mol. The molecular formula is C14H17N3O2. The first-order valence-electron chi connectivity index (χ1n) is 6.51. The third-order valence-corrected chi connectivity index (χ3v) is 3.78. The Hall–Kier alpha value is -1.88. The number of fused-ring (bicyclic) bond motifs is 1. The maximum atomic E-state index is 12.5. The fourth-order valence-electron chi connectivity index (χ4n) is 2.46. The molecule has 1 saturated heterocycles. The number of aliphatic hydroxyl groups is 1. The number of hydrogen-bond acceptors (Lipinski definition) is 3. The molecule has 2 aromatic heterocycles. The van der Waals surface area contributed by atoms with Crippen LogP contribution < -0.4 is 0 Å². The summed E-state index contributed by atoms with van der Waals surface area (Å²) in [6.07, 6.45) is 4.69. The highest BCUT2D eigenvalue weighted by atomic mass is 16.3. The van der Waals surface area contributed by atoms with Crippen LogP contribution in [0.4, 0.5) is 0 Å². The van der Waals surface area contributed by atoms with Crippen molar-refractivity contribution in [3.8, 4) is 0 Å². The second-order valence-electron chi connectivity index (χ2n) is 5.38. The van der Waals surface area contributed by atoms with Gasteiger partial charge in [0.05, 0.1) is 22.9 Å². The van der Waals surface area contributed by atoms with Crippen molar-refractivity contribution in [3.63, 3.8) is 0 Å². The number of rotatable bonds is 1. The summed E-state index contributed by atoms with van der Waals surface area (Å²) in [7, 11) is 0. The van der Waals surface area contributed by atoms with Gasteiger partial charge >= 0.3 is 0 Å². The van der Waals surface area contributed by atoms with E-state index >= 15 is 0 Å². The zero-order valence-electron chi connectivity index (χ0n) is 10.9. The van der Waals surface area contributed by atoms with E-state index in [0.29, 0.717) is 31.5 Å². The molecule has 1 aliphatic heterocycles. The number of likely N-dealkylation sites (tertiary alicyclic amines) is 1. The van der Waals surface area contributed by atoms with Crippen LogP contribution >= 0.6 is 0 Å². The van der Waals surface area contributed by atoms with Crippen LogP contribution in [0.2, 0.25) is 0 Å². The maximum Gasteiger partial charge on any atom is 0.257 e. The molecule has 1 aliphatic rings. The number of amides is 1. The number of carbonyl (C=O) groups excluding carboxylic acids is 1. The number of nitrogens with zero attached hydrogens (tertiary/aromatic N) is 3. The zero-order valence-corrected chi connectivity index (χ0v) is 10.9. The van der Waals surface area contributed by atoms with E-state index in [1.807, 2.05) is 31.3 Å². The second kappa shape index (κ2) is 4.35. The standard InChI is InChI=1S/C14H17N3O2/c1-14(19)5-8-16(9-6-14)13(18)11-10-15-17-7-3-2-4-12(11)17/h2-4,7,10,19H,5-6,8-9H2,1H3. The molecule has 1 N–H and O–H groups in total. The van der Waals surface area contributed by atoms with Gasteiger partial charge in [-0.1, -0.05) is 6.07 Å². The largest absolute Gasteiger partial charge is 0.390 e. The van der Waals surface area contributed by atoms with Crippen molar-refractivity contribution >= 4 is 11.4 Å². The van der Waals surface area contributed by atoms with Gasteiger partial charge in [-0.15, -0.1) is 0 Å². The van der Waals surface area contributed by atoms with Crippen LogP contribution in [0.3, 0.4) is 0 Å². The second-order valence-corrected chi connectivity index (χ2v) is 5.38. The summed E-state index contributed by atoms with van der Waals surface area (Å²) in [5.74, 6) is -0.00306. The number of aromatic nitrogens is 2. The van der Waals surface area contributed by atoms with Crippen molar-refractivity contribution in [1.82, 2.24) is 14.5 Å². The molecule has 0 spiro atoms. The monoisotopic (exact) mass is 259 g/mol. The van der Waals surface area contributed by atoms with Crippen molar-refractivity contribution in [3.05, 3.63) is 36.2 Å². The minimum absolute atomic E-state index is 0.00306. The maximum absolute atomic E-state index is 12.5. The van der Waals surface area contributed by atoms with E-state index < -0.39 is 5.60 Å². The molecule has 1 fully saturated rings. The Kier molecular flexibility index (Phi) is 2.78. The lowest BCUT2D eigenvalue weighted by atomic mass is 9.93. The Balaban J connectivity index is 1.85. The molecule has 2 aromatic rings. The summed E-state index contributed by atoms with van der Waals surface area (Å²) in [4.78, 5) is 14.3. The molecule has 0 atom stereocenters. The topological polar surface area (TPSA) is 57.8 Å². The van der Waals surface area contributed by atoms with Crippen LogP contribution in [0.5, 0.6) is 0 Å². The summed E-state index contributed by atoms with van der Waals surface area (Å²) >= 11 is 0. The van der Waals surface area contributed by atoms with E-state index in [9.17, 15) is 9.90 Å². The Morgan fingerprint density at radius 1 is 1.37 bits per heavy atom. The Morgan fingerprint density at radius 2 is 2.11 bits per heavy atom. The average molecular weight is 259 g/mol. The molecule has 0 aliphatic carbocycles. The fraction of sp³-hybridized carbons (Fsp3) is 0.429. The Morgan fingerprint density at radius 3 is 2.84 bits per heavy atom. The quantitative estimate of drug-likeness (QED) is 0.840. The van der Waals surface area contributed by atoms with Crippen LogP contribution in [-0.2, 0) is 0 Å². The van der Waals surface area contributed by atoms with Crippen molar-refractivity contribution in [2.24, 2.45) is 0 Å². The molecule has 3 heterocycles. The van der Waals surface area contributed by atoms with Gasteiger partial charge in [0.15, 0.2) is 0 Å². The van der Waals surface area contributed by atoms with Gasteiger partial charge in [0.2, 0.25) is 0 Å². The van der Waals surface area contributed by atoms with Gasteiger partial charge in [-0.05, 0) is 31.9 Å². The number of pyridine rings is 1. The van der Waals surface area contributed by atoms with Gasteiger partial charge < -0.3 is 10.0 Å². The summed E-state index contributed by atoms with van der Waals surface area (Å²) in [5.41, 5.74) is 0.810. The van der Waals surface area contributed by atoms with E-state index in [1.165, 1.54) is 0 Å². The number of carbonyl (C=O) groups is 1. The van der Waals surface area contributed by atoms with Gasteiger partial charge in [-0.25, -0.2) is 4.52 Å². The first kappa shape index (κ1) is 12.2. The molecule has 0 unspecified atom stereocenters. The number of hydrogen-bond donors (Lipinski definition) is 1. The van der Waals surface area contributed by atoms with Gasteiger partial charge in [0, 0.05) is 19.3 Å². The van der Waals surface area contributed by atoms with Gasteiger partial charge in [-0.3, -0.25) is 4.79 Å². The normalized spacial score (nSPS) is 18.7. The van der Waals surface area contributed by atoms with E-state index in [4.69, 9.17) is 0 Å². The highest BCUT2D eigenvalue weighted by molar-refractivity contribution is 6.00. The smallest absolute Gasteiger partial charge is 0.257 e. The lowest BCUT2D eigenvalue weighted by Gasteiger charge is -2.35. The van der Waals surface area contributed by atoms with Gasteiger partial charge in [-0.2, -0.15) is 5.10 Å². The SMILES string of the molecule is CC1(O)CCN(C(=O)c2cnn3ccccc23)CC1. The molecule has 1 amide bonds. The predicted octanol–water partition coefficient (Wildman–Crippen LogP) is 1.32. The average Bonchev–Trinajstić information content (AvgIpc) is 2.82. The predicted molar refractivity (Wildman–Crippen MR) is 71.0 cm³/mol. The molecule has 0 radical (unpaired) electrons. The van der Waals surface area contributed by atoms with Crippen molar-refractivity contribution in [2.45, 2.75) is 25.4 Å². The lowest BCUT2D eigenvalue weighted by Crippen LogP contribution is -2.45. The molecule has 5 nitrogen and oxygen atoms in total. The van der Waals surface area contributed by atoms with Crippen LogP contribution in [0, 0.1) is 0 Å². The zero-order chi connectivity index (χ0) is 13.5. The van der Waals surface area contributed by atoms with Crippen molar-refractivity contribution in [2.75, 3.05) is 13.1 Å². The first-order valence-corrected chi connectivity index (χ1v) is 6.51. The molecule has 3 rings (SSSR count). The molecule has 0 aromatic carbocycles.